The number of halogens is 1. The predicted octanol–water partition coefficient (Wildman–Crippen LogP) is -1.23. The van der Waals surface area contributed by atoms with Crippen molar-refractivity contribution in [1.29, 1.82) is 5.26 Å². The van der Waals surface area contributed by atoms with Crippen molar-refractivity contribution in [2.24, 2.45) is 0 Å². The molecule has 0 spiro atoms. The molecule has 0 radical (unpaired) electrons. The molecule has 1 aromatic heterocycles. The molecule has 0 aliphatic heterocycles. The zero-order chi connectivity index (χ0) is 9.14. The number of nitriles is 1. The van der Waals surface area contributed by atoms with Crippen molar-refractivity contribution >= 4 is 12.6 Å². The number of nitrogens with zero attached hydrogens (tertiary/aromatic N) is 2. The predicted molar refractivity (Wildman–Crippen MR) is 38.7 cm³/mol. The van der Waals surface area contributed by atoms with Crippen LogP contribution in [-0.4, -0.2) is 22.2 Å². The molecule has 0 aliphatic carbocycles. The molecule has 0 saturated carbocycles. The van der Waals surface area contributed by atoms with Gasteiger partial charge in [-0.2, -0.15) is 9.65 Å². The van der Waals surface area contributed by atoms with Crippen LogP contribution < -0.4 is 5.46 Å². The van der Waals surface area contributed by atoms with Crippen LogP contribution in [0, 0.1) is 17.3 Å². The fraction of sp³-hybridized carbons (Fsp3) is 0. The van der Waals surface area contributed by atoms with Crippen molar-refractivity contribution in [2.75, 3.05) is 0 Å². The first-order valence-corrected chi connectivity index (χ1v) is 3.07. The molecule has 0 unspecified atom stereocenters. The molecule has 1 heterocycles. The number of aromatic nitrogens is 1. The molecule has 0 saturated heterocycles. The Hall–Kier alpha value is -1.45. The van der Waals surface area contributed by atoms with E-state index in [-0.39, 0.29) is 11.0 Å². The van der Waals surface area contributed by atoms with E-state index in [0.717, 1.165) is 12.3 Å². The molecule has 0 bridgehead atoms. The van der Waals surface area contributed by atoms with E-state index in [1.807, 2.05) is 0 Å². The summed E-state index contributed by atoms with van der Waals surface area (Å²) in [5.74, 6) is -0.823. The number of rotatable bonds is 1. The van der Waals surface area contributed by atoms with Crippen LogP contribution in [0.2, 0.25) is 0 Å². The minimum Gasteiger partial charge on any atom is -0.423 e. The van der Waals surface area contributed by atoms with Crippen molar-refractivity contribution < 1.29 is 14.4 Å². The molecule has 1 aromatic rings. The summed E-state index contributed by atoms with van der Waals surface area (Å²) in [6.45, 7) is 0. The third kappa shape index (κ3) is 1.58. The normalized spacial score (nSPS) is 9.17. The molecule has 0 atom stereocenters. The molecule has 0 aromatic carbocycles. The van der Waals surface area contributed by atoms with E-state index >= 15 is 0 Å². The lowest BCUT2D eigenvalue weighted by Gasteiger charge is -1.99. The maximum atomic E-state index is 12.4. The minimum atomic E-state index is -1.80. The molecule has 6 heteroatoms. The van der Waals surface area contributed by atoms with E-state index in [1.54, 1.807) is 6.07 Å². The first-order chi connectivity index (χ1) is 5.65. The van der Waals surface area contributed by atoms with Crippen molar-refractivity contribution in [3.63, 3.8) is 0 Å². The molecule has 0 fully saturated rings. The van der Waals surface area contributed by atoms with Gasteiger partial charge in [0.15, 0.2) is 0 Å². The van der Waals surface area contributed by atoms with Crippen LogP contribution in [0.25, 0.3) is 0 Å². The van der Waals surface area contributed by atoms with Gasteiger partial charge in [0.05, 0.1) is 11.6 Å². The Morgan fingerprint density at radius 2 is 2.25 bits per heavy atom. The van der Waals surface area contributed by atoms with Gasteiger partial charge in [-0.25, -0.2) is 4.98 Å². The van der Waals surface area contributed by atoms with Crippen molar-refractivity contribution in [1.82, 2.24) is 4.98 Å². The van der Waals surface area contributed by atoms with Crippen LogP contribution in [0.3, 0.4) is 0 Å². The maximum absolute atomic E-state index is 12.4. The van der Waals surface area contributed by atoms with E-state index in [0.29, 0.717) is 0 Å². The summed E-state index contributed by atoms with van der Waals surface area (Å²) in [4.78, 5) is 3.17. The van der Waals surface area contributed by atoms with Crippen LogP contribution in [0.4, 0.5) is 4.39 Å². The van der Waals surface area contributed by atoms with Gasteiger partial charge in [0.25, 0.3) is 0 Å². The first-order valence-electron chi connectivity index (χ1n) is 3.07. The van der Waals surface area contributed by atoms with Crippen molar-refractivity contribution in [3.05, 3.63) is 23.8 Å². The second-order valence-corrected chi connectivity index (χ2v) is 2.08. The van der Waals surface area contributed by atoms with Gasteiger partial charge in [0.1, 0.15) is 0 Å². The van der Waals surface area contributed by atoms with Crippen LogP contribution in [0.1, 0.15) is 5.56 Å². The molecule has 0 amide bonds. The van der Waals surface area contributed by atoms with Gasteiger partial charge in [0.2, 0.25) is 5.95 Å². The summed E-state index contributed by atoms with van der Waals surface area (Å²) in [5, 5.41) is 25.8. The number of hydrogen-bond donors (Lipinski definition) is 2. The van der Waals surface area contributed by atoms with Gasteiger partial charge in [-0.1, -0.05) is 0 Å². The van der Waals surface area contributed by atoms with Gasteiger partial charge in [-0.15, -0.1) is 0 Å². The average molecular weight is 166 g/mol. The van der Waals surface area contributed by atoms with Crippen LogP contribution in [0.15, 0.2) is 12.3 Å². The molecule has 1 rings (SSSR count). The molecule has 12 heavy (non-hydrogen) atoms. The standard InChI is InChI=1S/C6H4BFN2O2/c8-6-1-4(2-9)5(3-10-6)7(11)12/h1,3,11-12H. The number of hydrogen-bond acceptors (Lipinski definition) is 4. The molecule has 0 aliphatic rings. The van der Waals surface area contributed by atoms with Gasteiger partial charge in [0, 0.05) is 17.7 Å². The Morgan fingerprint density at radius 1 is 1.58 bits per heavy atom. The van der Waals surface area contributed by atoms with Crippen LogP contribution in [0.5, 0.6) is 0 Å². The fourth-order valence-electron chi connectivity index (χ4n) is 0.743. The van der Waals surface area contributed by atoms with E-state index in [2.05, 4.69) is 4.98 Å². The Morgan fingerprint density at radius 3 is 2.75 bits per heavy atom. The van der Waals surface area contributed by atoms with Crippen LogP contribution in [-0.2, 0) is 0 Å². The highest BCUT2D eigenvalue weighted by Gasteiger charge is 2.16. The zero-order valence-electron chi connectivity index (χ0n) is 5.90. The first kappa shape index (κ1) is 8.65. The SMILES string of the molecule is N#Cc1cc(F)ncc1B(O)O. The molecular weight excluding hydrogens is 162 g/mol. The lowest BCUT2D eigenvalue weighted by atomic mass is 9.78. The Kier molecular flexibility index (Phi) is 2.38. The van der Waals surface area contributed by atoms with Gasteiger partial charge in [-0.05, 0) is 0 Å². The minimum absolute atomic E-state index is 0.0982. The largest absolute Gasteiger partial charge is 0.491 e. The highest BCUT2D eigenvalue weighted by Crippen LogP contribution is 1.96. The second-order valence-electron chi connectivity index (χ2n) is 2.08. The number of pyridine rings is 1. The van der Waals surface area contributed by atoms with Crippen LogP contribution >= 0.6 is 0 Å². The molecular formula is C6H4BFN2O2. The van der Waals surface area contributed by atoms with Gasteiger partial charge >= 0.3 is 7.12 Å². The maximum Gasteiger partial charge on any atom is 0.491 e. The van der Waals surface area contributed by atoms with Crippen molar-refractivity contribution in [2.45, 2.75) is 0 Å². The monoisotopic (exact) mass is 166 g/mol. The van der Waals surface area contributed by atoms with Gasteiger partial charge < -0.3 is 10.0 Å². The van der Waals surface area contributed by atoms with E-state index in [1.165, 1.54) is 0 Å². The van der Waals surface area contributed by atoms with Crippen molar-refractivity contribution in [3.8, 4) is 6.07 Å². The average Bonchev–Trinajstić information content (AvgIpc) is 2.03. The summed E-state index contributed by atoms with van der Waals surface area (Å²) in [6.07, 6.45) is 0.915. The summed E-state index contributed by atoms with van der Waals surface area (Å²) in [6, 6.07) is 2.46. The summed E-state index contributed by atoms with van der Waals surface area (Å²) in [7, 11) is -1.80. The summed E-state index contributed by atoms with van der Waals surface area (Å²) in [5.41, 5.74) is -0.226. The van der Waals surface area contributed by atoms with E-state index in [9.17, 15) is 4.39 Å². The Balaban J connectivity index is 3.23. The van der Waals surface area contributed by atoms with E-state index < -0.39 is 13.1 Å². The lowest BCUT2D eigenvalue weighted by Crippen LogP contribution is -2.32. The third-order valence-electron chi connectivity index (χ3n) is 1.30. The zero-order valence-corrected chi connectivity index (χ0v) is 5.90. The Labute approximate surface area is 68.1 Å². The Bertz CT molecular complexity index is 337. The summed E-state index contributed by atoms with van der Waals surface area (Å²) >= 11 is 0. The highest BCUT2D eigenvalue weighted by atomic mass is 19.1. The fourth-order valence-corrected chi connectivity index (χ4v) is 0.743. The quantitative estimate of drug-likeness (QED) is 0.404. The molecule has 4 nitrogen and oxygen atoms in total. The molecule has 2 N–H and O–H groups in total. The molecule has 60 valence electrons. The highest BCUT2D eigenvalue weighted by molar-refractivity contribution is 6.59. The van der Waals surface area contributed by atoms with Gasteiger partial charge in [-0.3, -0.25) is 0 Å². The second kappa shape index (κ2) is 3.30. The topological polar surface area (TPSA) is 77.1 Å². The lowest BCUT2D eigenvalue weighted by molar-refractivity contribution is 0.425. The smallest absolute Gasteiger partial charge is 0.423 e. The third-order valence-corrected chi connectivity index (χ3v) is 1.30. The summed E-state index contributed by atoms with van der Waals surface area (Å²) < 4.78 is 12.4. The van der Waals surface area contributed by atoms with E-state index in [4.69, 9.17) is 15.3 Å².